The minimum atomic E-state index is -0.692. The van der Waals surface area contributed by atoms with E-state index in [1.54, 1.807) is 13.8 Å². The first kappa shape index (κ1) is 16.5. The molecule has 0 N–H and O–H groups in total. The standard InChI is InChI=1S/C17H16O6/c1-9(2)15(18)22-13-7-5-12(6-8-13)16(19)23-14-10(3)11(4)21-17(14)20/h5-8,11H,1H2,2-4H3. The lowest BCUT2D eigenvalue weighted by atomic mass is 10.2. The van der Waals surface area contributed by atoms with Crippen molar-refractivity contribution in [3.63, 3.8) is 0 Å². The summed E-state index contributed by atoms with van der Waals surface area (Å²) in [6, 6.07) is 5.77. The van der Waals surface area contributed by atoms with Gasteiger partial charge in [0.2, 0.25) is 5.76 Å². The van der Waals surface area contributed by atoms with Crippen molar-refractivity contribution in [1.82, 2.24) is 0 Å². The van der Waals surface area contributed by atoms with Gasteiger partial charge in [-0.05, 0) is 45.0 Å². The van der Waals surface area contributed by atoms with E-state index in [1.165, 1.54) is 31.2 Å². The molecular formula is C17H16O6. The third-order valence-corrected chi connectivity index (χ3v) is 3.28. The van der Waals surface area contributed by atoms with Gasteiger partial charge in [0.1, 0.15) is 11.9 Å². The average molecular weight is 316 g/mol. The fourth-order valence-corrected chi connectivity index (χ4v) is 1.78. The number of carbonyl (C=O) groups is 3. The highest BCUT2D eigenvalue weighted by Crippen LogP contribution is 2.24. The molecule has 6 heteroatoms. The highest BCUT2D eigenvalue weighted by atomic mass is 16.6. The molecular weight excluding hydrogens is 300 g/mol. The Hall–Kier alpha value is -2.89. The Labute approximate surface area is 133 Å². The lowest BCUT2D eigenvalue weighted by Crippen LogP contribution is -2.11. The lowest BCUT2D eigenvalue weighted by Gasteiger charge is -2.06. The predicted octanol–water partition coefficient (Wildman–Crippen LogP) is 2.54. The van der Waals surface area contributed by atoms with Gasteiger partial charge in [-0.25, -0.2) is 14.4 Å². The van der Waals surface area contributed by atoms with Crippen LogP contribution in [0.2, 0.25) is 0 Å². The van der Waals surface area contributed by atoms with E-state index in [0.29, 0.717) is 5.57 Å². The summed E-state index contributed by atoms with van der Waals surface area (Å²) in [6.45, 7) is 8.37. The summed E-state index contributed by atoms with van der Waals surface area (Å²) in [4.78, 5) is 35.0. The largest absolute Gasteiger partial charge is 0.452 e. The van der Waals surface area contributed by atoms with Crippen LogP contribution in [-0.4, -0.2) is 24.0 Å². The van der Waals surface area contributed by atoms with Gasteiger partial charge in [0.15, 0.2) is 0 Å². The minimum Gasteiger partial charge on any atom is -0.452 e. The molecule has 23 heavy (non-hydrogen) atoms. The van der Waals surface area contributed by atoms with E-state index in [1.807, 2.05) is 0 Å². The molecule has 1 aromatic rings. The van der Waals surface area contributed by atoms with Gasteiger partial charge in [0.25, 0.3) is 0 Å². The summed E-state index contributed by atoms with van der Waals surface area (Å²) in [7, 11) is 0. The molecule has 0 amide bonds. The molecule has 1 aliphatic rings. The molecule has 0 aliphatic carbocycles. The van der Waals surface area contributed by atoms with Crippen LogP contribution in [0.5, 0.6) is 5.75 Å². The zero-order valence-electron chi connectivity index (χ0n) is 13.0. The second-order valence-corrected chi connectivity index (χ2v) is 5.14. The van der Waals surface area contributed by atoms with Crippen molar-refractivity contribution in [2.75, 3.05) is 0 Å². The van der Waals surface area contributed by atoms with Crippen LogP contribution in [0, 0.1) is 0 Å². The highest BCUT2D eigenvalue weighted by molar-refractivity contribution is 5.97. The molecule has 0 radical (unpaired) electrons. The fourth-order valence-electron chi connectivity index (χ4n) is 1.78. The normalized spacial score (nSPS) is 16.8. The van der Waals surface area contributed by atoms with E-state index in [-0.39, 0.29) is 22.6 Å². The lowest BCUT2D eigenvalue weighted by molar-refractivity contribution is -0.141. The monoisotopic (exact) mass is 316 g/mol. The Balaban J connectivity index is 2.08. The Kier molecular flexibility index (Phi) is 4.64. The van der Waals surface area contributed by atoms with Crippen molar-refractivity contribution in [3.8, 4) is 5.75 Å². The smallest absolute Gasteiger partial charge is 0.375 e. The number of hydrogen-bond donors (Lipinski definition) is 0. The molecule has 1 atom stereocenters. The molecule has 0 bridgehead atoms. The first-order chi connectivity index (χ1) is 10.8. The Morgan fingerprint density at radius 3 is 2.26 bits per heavy atom. The molecule has 1 aliphatic heterocycles. The minimum absolute atomic E-state index is 0.0831. The predicted molar refractivity (Wildman–Crippen MR) is 80.6 cm³/mol. The zero-order chi connectivity index (χ0) is 17.1. The molecule has 120 valence electrons. The van der Waals surface area contributed by atoms with Gasteiger partial charge in [0, 0.05) is 11.1 Å². The van der Waals surface area contributed by atoms with Crippen LogP contribution in [0.25, 0.3) is 0 Å². The number of hydrogen-bond acceptors (Lipinski definition) is 6. The molecule has 6 nitrogen and oxygen atoms in total. The first-order valence-corrected chi connectivity index (χ1v) is 6.91. The van der Waals surface area contributed by atoms with Crippen molar-refractivity contribution >= 4 is 17.9 Å². The molecule has 1 unspecified atom stereocenters. The second-order valence-electron chi connectivity index (χ2n) is 5.14. The van der Waals surface area contributed by atoms with Gasteiger partial charge >= 0.3 is 17.9 Å². The third kappa shape index (κ3) is 3.66. The second kappa shape index (κ2) is 6.48. The van der Waals surface area contributed by atoms with Crippen molar-refractivity contribution in [2.45, 2.75) is 26.9 Å². The molecule has 0 spiro atoms. The molecule has 1 aromatic carbocycles. The summed E-state index contributed by atoms with van der Waals surface area (Å²) < 4.78 is 15.1. The van der Waals surface area contributed by atoms with E-state index in [9.17, 15) is 14.4 Å². The Bertz CT molecular complexity index is 711. The summed E-state index contributed by atoms with van der Waals surface area (Å²) in [5.41, 5.74) is 1.05. The quantitative estimate of drug-likeness (QED) is 0.482. The van der Waals surface area contributed by atoms with E-state index in [0.717, 1.165) is 0 Å². The highest BCUT2D eigenvalue weighted by Gasteiger charge is 2.32. The van der Waals surface area contributed by atoms with Gasteiger partial charge < -0.3 is 14.2 Å². The summed E-state index contributed by atoms with van der Waals surface area (Å²) in [5, 5.41) is 0. The summed E-state index contributed by atoms with van der Waals surface area (Å²) in [5.74, 6) is -1.71. The number of ether oxygens (including phenoxy) is 3. The van der Waals surface area contributed by atoms with E-state index in [2.05, 4.69) is 6.58 Å². The zero-order valence-corrected chi connectivity index (χ0v) is 13.0. The van der Waals surface area contributed by atoms with Gasteiger partial charge in [-0.3, -0.25) is 0 Å². The molecule has 0 fully saturated rings. The maximum Gasteiger partial charge on any atom is 0.375 e. The van der Waals surface area contributed by atoms with E-state index in [4.69, 9.17) is 14.2 Å². The third-order valence-electron chi connectivity index (χ3n) is 3.28. The van der Waals surface area contributed by atoms with Crippen molar-refractivity contribution in [3.05, 3.63) is 53.3 Å². The topological polar surface area (TPSA) is 78.9 Å². The summed E-state index contributed by atoms with van der Waals surface area (Å²) >= 11 is 0. The molecule has 1 heterocycles. The fraction of sp³-hybridized carbons (Fsp3) is 0.235. The maximum atomic E-state index is 12.1. The van der Waals surface area contributed by atoms with Crippen LogP contribution in [0.3, 0.4) is 0 Å². The molecule has 0 saturated heterocycles. The van der Waals surface area contributed by atoms with E-state index >= 15 is 0 Å². The Morgan fingerprint density at radius 2 is 1.78 bits per heavy atom. The van der Waals surface area contributed by atoms with Crippen molar-refractivity contribution < 1.29 is 28.6 Å². The van der Waals surface area contributed by atoms with Crippen LogP contribution < -0.4 is 4.74 Å². The molecule has 0 aromatic heterocycles. The maximum absolute atomic E-state index is 12.1. The van der Waals surface area contributed by atoms with Crippen LogP contribution in [0.1, 0.15) is 31.1 Å². The number of carbonyl (C=O) groups excluding carboxylic acids is 3. The number of cyclic esters (lactones) is 1. The Morgan fingerprint density at radius 1 is 1.17 bits per heavy atom. The molecule has 0 saturated carbocycles. The van der Waals surface area contributed by atoms with Crippen molar-refractivity contribution in [1.29, 1.82) is 0 Å². The van der Waals surface area contributed by atoms with Crippen molar-refractivity contribution in [2.24, 2.45) is 0 Å². The summed E-state index contributed by atoms with van der Waals surface area (Å²) in [6.07, 6.45) is -0.408. The number of esters is 3. The van der Waals surface area contributed by atoms with Gasteiger partial charge in [0.05, 0.1) is 5.56 Å². The van der Waals surface area contributed by atoms with Gasteiger partial charge in [-0.1, -0.05) is 6.58 Å². The van der Waals surface area contributed by atoms with Crippen LogP contribution in [0.15, 0.2) is 47.7 Å². The number of rotatable bonds is 4. The first-order valence-electron chi connectivity index (χ1n) is 6.91. The van der Waals surface area contributed by atoms with Gasteiger partial charge in [-0.15, -0.1) is 0 Å². The van der Waals surface area contributed by atoms with Crippen LogP contribution in [0.4, 0.5) is 0 Å². The SMILES string of the molecule is C=C(C)C(=O)Oc1ccc(C(=O)OC2=C(C)C(C)OC2=O)cc1. The van der Waals surface area contributed by atoms with Crippen LogP contribution >= 0.6 is 0 Å². The van der Waals surface area contributed by atoms with Crippen LogP contribution in [-0.2, 0) is 19.1 Å². The van der Waals surface area contributed by atoms with E-state index < -0.39 is 24.0 Å². The molecule has 2 rings (SSSR count). The number of benzene rings is 1. The van der Waals surface area contributed by atoms with Gasteiger partial charge in [-0.2, -0.15) is 0 Å². The average Bonchev–Trinajstić information content (AvgIpc) is 2.74.